The lowest BCUT2D eigenvalue weighted by Gasteiger charge is -2.14. The third kappa shape index (κ3) is 4.90. The van der Waals surface area contributed by atoms with Gasteiger partial charge in [0.05, 0.1) is 0 Å². The Hall–Kier alpha value is -2.67. The van der Waals surface area contributed by atoms with Crippen molar-refractivity contribution in [3.63, 3.8) is 0 Å². The molecule has 1 aliphatic rings. The molecule has 1 aliphatic carbocycles. The third-order valence-corrected chi connectivity index (χ3v) is 4.19. The highest BCUT2D eigenvalue weighted by Gasteiger charge is 2.23. The van der Waals surface area contributed by atoms with Gasteiger partial charge in [0.15, 0.2) is 0 Å². The average Bonchev–Trinajstić information content (AvgIpc) is 3.37. The van der Waals surface area contributed by atoms with Gasteiger partial charge < -0.3 is 22.1 Å². The lowest BCUT2D eigenvalue weighted by atomic mass is 10.1. The monoisotopic (exact) mass is 340 g/mol. The molecular weight excluding hydrogens is 316 g/mol. The number of nitrogens with zero attached hydrogens (tertiary/aromatic N) is 2. The number of benzene rings is 1. The zero-order valence-electron chi connectivity index (χ0n) is 14.3. The van der Waals surface area contributed by atoms with Gasteiger partial charge >= 0.3 is 0 Å². The number of carbonyl (C=O) groups is 1. The van der Waals surface area contributed by atoms with Crippen LogP contribution in [0, 0.1) is 12.8 Å². The second-order valence-electron chi connectivity index (χ2n) is 6.63. The summed E-state index contributed by atoms with van der Waals surface area (Å²) in [5.41, 5.74) is 13.7. The lowest BCUT2D eigenvalue weighted by molar-refractivity contribution is 0.100. The summed E-state index contributed by atoms with van der Waals surface area (Å²) in [7, 11) is 0. The van der Waals surface area contributed by atoms with Gasteiger partial charge in [-0.3, -0.25) is 4.79 Å². The molecule has 7 nitrogen and oxygen atoms in total. The predicted octanol–water partition coefficient (Wildman–Crippen LogP) is 2.17. The molecule has 2 aromatic rings. The van der Waals surface area contributed by atoms with Crippen LogP contribution in [-0.4, -0.2) is 28.5 Å². The fourth-order valence-corrected chi connectivity index (χ4v) is 2.69. The van der Waals surface area contributed by atoms with Crippen molar-refractivity contribution < 1.29 is 4.79 Å². The van der Waals surface area contributed by atoms with Gasteiger partial charge in [-0.1, -0.05) is 25.0 Å². The van der Waals surface area contributed by atoms with Crippen molar-refractivity contribution >= 4 is 23.4 Å². The predicted molar refractivity (Wildman–Crippen MR) is 98.8 cm³/mol. The molecule has 3 rings (SSSR count). The van der Waals surface area contributed by atoms with Crippen LogP contribution in [0.4, 0.5) is 17.5 Å². The Morgan fingerprint density at radius 1 is 1.40 bits per heavy atom. The van der Waals surface area contributed by atoms with Crippen molar-refractivity contribution in [2.75, 3.05) is 17.2 Å². The van der Waals surface area contributed by atoms with E-state index in [1.54, 1.807) is 0 Å². The Morgan fingerprint density at radius 2 is 2.20 bits per heavy atom. The Balaban J connectivity index is 1.73. The maximum atomic E-state index is 11.6. The minimum absolute atomic E-state index is 0.0695. The average molecular weight is 340 g/mol. The van der Waals surface area contributed by atoms with E-state index in [-0.39, 0.29) is 11.6 Å². The molecule has 1 unspecified atom stereocenters. The van der Waals surface area contributed by atoms with Gasteiger partial charge in [-0.25, -0.2) is 4.98 Å². The number of aryl methyl sites for hydroxylation is 1. The minimum atomic E-state index is -0.577. The van der Waals surface area contributed by atoms with Gasteiger partial charge in [0, 0.05) is 24.5 Å². The summed E-state index contributed by atoms with van der Waals surface area (Å²) in [5.74, 6) is 0.999. The highest BCUT2D eigenvalue weighted by molar-refractivity contribution is 5.98. The number of hydrogen-bond donors (Lipinski definition) is 4. The van der Waals surface area contributed by atoms with Crippen LogP contribution in [0.15, 0.2) is 30.5 Å². The summed E-state index contributed by atoms with van der Waals surface area (Å²) in [6.07, 6.45) is 5.01. The third-order valence-electron chi connectivity index (χ3n) is 4.19. The molecule has 0 radical (unpaired) electrons. The largest absolute Gasteiger partial charge is 0.365 e. The van der Waals surface area contributed by atoms with Crippen LogP contribution in [0.2, 0.25) is 0 Å². The maximum Gasteiger partial charge on any atom is 0.254 e. The first-order chi connectivity index (χ1) is 12.0. The van der Waals surface area contributed by atoms with E-state index in [0.29, 0.717) is 18.3 Å². The maximum absolute atomic E-state index is 11.6. The van der Waals surface area contributed by atoms with Gasteiger partial charge in [0.25, 0.3) is 5.91 Å². The number of rotatable bonds is 8. The highest BCUT2D eigenvalue weighted by atomic mass is 16.1. The van der Waals surface area contributed by atoms with Gasteiger partial charge in [-0.15, -0.1) is 0 Å². The van der Waals surface area contributed by atoms with Crippen molar-refractivity contribution in [2.45, 2.75) is 32.2 Å². The smallest absolute Gasteiger partial charge is 0.254 e. The first-order valence-electron chi connectivity index (χ1n) is 8.51. The summed E-state index contributed by atoms with van der Waals surface area (Å²) in [6, 6.07) is 7.86. The SMILES string of the molecule is Cc1cccc(Nc2nc(NCC(N)CC3CC3)ncc2C(N)=O)c1. The first-order valence-corrected chi connectivity index (χ1v) is 8.51. The first kappa shape index (κ1) is 17.2. The molecule has 1 fully saturated rings. The van der Waals surface area contributed by atoms with Crippen molar-refractivity contribution in [2.24, 2.45) is 17.4 Å². The molecule has 1 aromatic carbocycles. The van der Waals surface area contributed by atoms with Gasteiger partial charge in [0.2, 0.25) is 5.95 Å². The van der Waals surface area contributed by atoms with Crippen LogP contribution >= 0.6 is 0 Å². The number of hydrogen-bond acceptors (Lipinski definition) is 6. The number of nitrogens with one attached hydrogen (secondary N) is 2. The van der Waals surface area contributed by atoms with Crippen molar-refractivity contribution in [1.82, 2.24) is 9.97 Å². The fourth-order valence-electron chi connectivity index (χ4n) is 2.69. The lowest BCUT2D eigenvalue weighted by Crippen LogP contribution is -2.30. The van der Waals surface area contributed by atoms with Crippen LogP contribution in [0.25, 0.3) is 0 Å². The van der Waals surface area contributed by atoms with E-state index in [9.17, 15) is 4.79 Å². The van der Waals surface area contributed by atoms with E-state index >= 15 is 0 Å². The van der Waals surface area contributed by atoms with E-state index in [2.05, 4.69) is 20.6 Å². The molecule has 7 heteroatoms. The number of primary amides is 1. The van der Waals surface area contributed by atoms with Crippen LogP contribution in [-0.2, 0) is 0 Å². The molecule has 0 saturated heterocycles. The van der Waals surface area contributed by atoms with E-state index in [1.807, 2.05) is 31.2 Å². The molecule has 25 heavy (non-hydrogen) atoms. The molecule has 1 saturated carbocycles. The molecule has 0 aliphatic heterocycles. The van der Waals surface area contributed by atoms with Crippen molar-refractivity contribution in [1.29, 1.82) is 0 Å². The molecular formula is C18H24N6O. The number of anilines is 3. The Kier molecular flexibility index (Phi) is 5.14. The fraction of sp³-hybridized carbons (Fsp3) is 0.389. The van der Waals surface area contributed by atoms with Gasteiger partial charge in [0.1, 0.15) is 11.4 Å². The van der Waals surface area contributed by atoms with E-state index < -0.39 is 5.91 Å². The molecule has 1 heterocycles. The number of nitrogens with two attached hydrogens (primary N) is 2. The Labute approximate surface area is 147 Å². The number of carbonyl (C=O) groups excluding carboxylic acids is 1. The molecule has 1 atom stereocenters. The van der Waals surface area contributed by atoms with Crippen LogP contribution in [0.3, 0.4) is 0 Å². The van der Waals surface area contributed by atoms with Crippen LogP contribution in [0.1, 0.15) is 35.2 Å². The summed E-state index contributed by atoms with van der Waals surface area (Å²) >= 11 is 0. The van der Waals surface area contributed by atoms with E-state index in [4.69, 9.17) is 11.5 Å². The Bertz CT molecular complexity index is 759. The normalized spacial score (nSPS) is 14.8. The molecule has 132 valence electrons. The standard InChI is InChI=1S/C18H24N6O/c1-11-3-2-4-14(7-11)23-17-15(16(20)25)10-22-18(24-17)21-9-13(19)8-12-5-6-12/h2-4,7,10,12-13H,5-6,8-9,19H2,1H3,(H2,20,25)(H2,21,22,23,24). The summed E-state index contributed by atoms with van der Waals surface area (Å²) in [5, 5.41) is 6.28. The molecule has 6 N–H and O–H groups in total. The second-order valence-corrected chi connectivity index (χ2v) is 6.63. The van der Waals surface area contributed by atoms with Gasteiger partial charge in [-0.2, -0.15) is 4.98 Å². The Morgan fingerprint density at radius 3 is 2.88 bits per heavy atom. The van der Waals surface area contributed by atoms with E-state index in [1.165, 1.54) is 19.0 Å². The number of amides is 1. The summed E-state index contributed by atoms with van der Waals surface area (Å²) in [6.45, 7) is 2.59. The molecule has 0 spiro atoms. The highest BCUT2D eigenvalue weighted by Crippen LogP contribution is 2.33. The summed E-state index contributed by atoms with van der Waals surface area (Å²) in [4.78, 5) is 20.2. The van der Waals surface area contributed by atoms with Gasteiger partial charge in [-0.05, 0) is 37.0 Å². The summed E-state index contributed by atoms with van der Waals surface area (Å²) < 4.78 is 0. The second kappa shape index (κ2) is 7.48. The minimum Gasteiger partial charge on any atom is -0.365 e. The van der Waals surface area contributed by atoms with Crippen LogP contribution in [0.5, 0.6) is 0 Å². The zero-order chi connectivity index (χ0) is 17.8. The topological polar surface area (TPSA) is 119 Å². The molecule has 1 amide bonds. The number of aromatic nitrogens is 2. The zero-order valence-corrected chi connectivity index (χ0v) is 14.3. The van der Waals surface area contributed by atoms with Crippen molar-refractivity contribution in [3.05, 3.63) is 41.6 Å². The quantitative estimate of drug-likeness (QED) is 0.585. The van der Waals surface area contributed by atoms with E-state index in [0.717, 1.165) is 23.6 Å². The van der Waals surface area contributed by atoms with Crippen LogP contribution < -0.4 is 22.1 Å². The molecule has 0 bridgehead atoms. The molecule has 1 aromatic heterocycles. The van der Waals surface area contributed by atoms with Crippen molar-refractivity contribution in [3.8, 4) is 0 Å².